The van der Waals surface area contributed by atoms with Crippen LogP contribution in [0, 0.1) is 0 Å². The number of carbonyl (C=O) groups excluding carboxylic acids is 1. The summed E-state index contributed by atoms with van der Waals surface area (Å²) in [5.74, 6) is -0.187. The van der Waals surface area contributed by atoms with Crippen molar-refractivity contribution < 1.29 is 4.79 Å². The lowest BCUT2D eigenvalue weighted by molar-refractivity contribution is -0.111. The van der Waals surface area contributed by atoms with E-state index in [-0.39, 0.29) is 5.78 Å². The van der Waals surface area contributed by atoms with Gasteiger partial charge in [-0.05, 0) is 61.0 Å². The fourth-order valence-electron chi connectivity index (χ4n) is 3.54. The molecule has 0 bridgehead atoms. The predicted octanol–water partition coefficient (Wildman–Crippen LogP) is 3.24. The number of anilines is 3. The first-order valence-corrected chi connectivity index (χ1v) is 10.9. The second-order valence-electron chi connectivity index (χ2n) is 8.10. The smallest absolute Gasteiger partial charge is 0.204 e. The number of ketones is 1. The van der Waals surface area contributed by atoms with Crippen molar-refractivity contribution in [3.05, 3.63) is 84.5 Å². The van der Waals surface area contributed by atoms with Crippen LogP contribution in [0.5, 0.6) is 0 Å². The van der Waals surface area contributed by atoms with Gasteiger partial charge in [-0.3, -0.25) is 4.79 Å². The average Bonchev–Trinajstić information content (AvgIpc) is 3.22. The maximum Gasteiger partial charge on any atom is 0.204 e. The van der Waals surface area contributed by atoms with E-state index in [9.17, 15) is 4.79 Å². The second-order valence-corrected chi connectivity index (χ2v) is 8.10. The Hall–Kier alpha value is -4.20. The van der Waals surface area contributed by atoms with E-state index < -0.39 is 0 Å². The van der Waals surface area contributed by atoms with E-state index in [1.807, 2.05) is 24.3 Å². The summed E-state index contributed by atoms with van der Waals surface area (Å²) in [5.41, 5.74) is 16.2. The van der Waals surface area contributed by atoms with Crippen molar-refractivity contribution >= 4 is 34.2 Å². The molecule has 0 radical (unpaired) electrons. The van der Waals surface area contributed by atoms with Gasteiger partial charge in [-0.15, -0.1) is 0 Å². The van der Waals surface area contributed by atoms with Crippen LogP contribution >= 0.6 is 0 Å². The van der Waals surface area contributed by atoms with Crippen molar-refractivity contribution in [1.29, 1.82) is 0 Å². The SMILES string of the molecule is CN1C=CN(CCCNc2ccc(NC3=CC(=Nc4ccc(N)cc4)C(N)=CC3=O)cc2)C1. The van der Waals surface area contributed by atoms with E-state index in [4.69, 9.17) is 11.5 Å². The van der Waals surface area contributed by atoms with Crippen LogP contribution in [0.2, 0.25) is 0 Å². The van der Waals surface area contributed by atoms with Crippen LogP contribution in [0.25, 0.3) is 0 Å². The van der Waals surface area contributed by atoms with Gasteiger partial charge in [-0.25, -0.2) is 4.99 Å². The molecule has 1 aliphatic heterocycles. The summed E-state index contributed by atoms with van der Waals surface area (Å²) >= 11 is 0. The summed E-state index contributed by atoms with van der Waals surface area (Å²) in [6.07, 6.45) is 8.31. The molecular weight excluding hydrogens is 414 g/mol. The molecule has 0 amide bonds. The van der Waals surface area contributed by atoms with Crippen molar-refractivity contribution in [2.45, 2.75) is 6.42 Å². The molecule has 1 heterocycles. The summed E-state index contributed by atoms with van der Waals surface area (Å²) in [6, 6.07) is 15.0. The zero-order valence-electron chi connectivity index (χ0n) is 18.7. The zero-order valence-corrected chi connectivity index (χ0v) is 18.7. The fourth-order valence-corrected chi connectivity index (χ4v) is 3.54. The molecule has 2 aliphatic rings. The highest BCUT2D eigenvalue weighted by Gasteiger charge is 2.17. The highest BCUT2D eigenvalue weighted by molar-refractivity contribution is 6.23. The summed E-state index contributed by atoms with van der Waals surface area (Å²) in [4.78, 5) is 21.4. The molecule has 0 aromatic heterocycles. The van der Waals surface area contributed by atoms with Crippen molar-refractivity contribution in [3.8, 4) is 0 Å². The average molecular weight is 444 g/mol. The minimum absolute atomic E-state index is 0.187. The molecule has 1 aliphatic carbocycles. The number of hydrogen-bond acceptors (Lipinski definition) is 8. The van der Waals surface area contributed by atoms with Gasteiger partial charge >= 0.3 is 0 Å². The van der Waals surface area contributed by atoms with Crippen molar-refractivity contribution in [3.63, 3.8) is 0 Å². The monoisotopic (exact) mass is 443 g/mol. The highest BCUT2D eigenvalue weighted by Crippen LogP contribution is 2.21. The van der Waals surface area contributed by atoms with Gasteiger partial charge in [0.15, 0.2) is 0 Å². The van der Waals surface area contributed by atoms with Gasteiger partial charge in [-0.2, -0.15) is 0 Å². The van der Waals surface area contributed by atoms with E-state index in [0.29, 0.717) is 28.5 Å². The standard InChI is InChI=1S/C25H29N7O/c1-31-13-14-32(17-31)12-2-11-28-19-7-9-21(10-8-19)30-24-16-23(22(27)15-25(24)33)29-20-5-3-18(26)4-6-20/h3-10,13-16,28,30H,2,11-12,17,26-27H2,1H3. The topological polar surface area (TPSA) is 112 Å². The quantitative estimate of drug-likeness (QED) is 0.281. The van der Waals surface area contributed by atoms with Gasteiger partial charge in [0.1, 0.15) is 0 Å². The first kappa shape index (κ1) is 22.0. The summed E-state index contributed by atoms with van der Waals surface area (Å²) < 4.78 is 0. The van der Waals surface area contributed by atoms with Crippen molar-refractivity contribution in [2.75, 3.05) is 43.2 Å². The Morgan fingerprint density at radius 1 is 0.970 bits per heavy atom. The highest BCUT2D eigenvalue weighted by atomic mass is 16.1. The molecule has 0 fully saturated rings. The summed E-state index contributed by atoms with van der Waals surface area (Å²) in [7, 11) is 2.07. The lowest BCUT2D eigenvalue weighted by Gasteiger charge is -2.18. The van der Waals surface area contributed by atoms with Crippen LogP contribution in [0.1, 0.15) is 6.42 Å². The molecule has 0 saturated heterocycles. The maximum atomic E-state index is 12.4. The number of nitrogens with two attached hydrogens (primary N) is 2. The maximum absolute atomic E-state index is 12.4. The Labute approximate surface area is 194 Å². The largest absolute Gasteiger partial charge is 0.399 e. The molecule has 0 spiro atoms. The van der Waals surface area contributed by atoms with Crippen molar-refractivity contribution in [2.24, 2.45) is 10.7 Å². The number of allylic oxidation sites excluding steroid dienone is 2. The molecule has 6 N–H and O–H groups in total. The van der Waals surface area contributed by atoms with E-state index in [2.05, 4.69) is 44.9 Å². The second kappa shape index (κ2) is 9.95. The third kappa shape index (κ3) is 5.94. The van der Waals surface area contributed by atoms with Crippen LogP contribution in [0.4, 0.5) is 22.7 Å². The molecule has 2 aromatic carbocycles. The van der Waals surface area contributed by atoms with Gasteiger partial charge in [0.2, 0.25) is 5.78 Å². The summed E-state index contributed by atoms with van der Waals surface area (Å²) in [5, 5.41) is 6.61. The number of rotatable bonds is 8. The summed E-state index contributed by atoms with van der Waals surface area (Å²) in [6.45, 7) is 2.85. The zero-order chi connectivity index (χ0) is 23.2. The molecule has 8 nitrogen and oxygen atoms in total. The molecule has 0 atom stereocenters. The minimum Gasteiger partial charge on any atom is -0.399 e. The Balaban J connectivity index is 1.34. The molecule has 170 valence electrons. The number of carbonyl (C=O) groups is 1. The van der Waals surface area contributed by atoms with E-state index in [1.165, 1.54) is 6.08 Å². The lowest BCUT2D eigenvalue weighted by Crippen LogP contribution is -2.24. The molecule has 4 rings (SSSR count). The molecule has 0 saturated carbocycles. The minimum atomic E-state index is -0.187. The van der Waals surface area contributed by atoms with Gasteiger partial charge in [0.25, 0.3) is 0 Å². The van der Waals surface area contributed by atoms with E-state index in [0.717, 1.165) is 37.6 Å². The molecule has 2 aromatic rings. The third-order valence-corrected chi connectivity index (χ3v) is 5.32. The number of aliphatic imine (C=N–C) groups is 1. The van der Waals surface area contributed by atoms with Crippen LogP contribution in [-0.2, 0) is 4.79 Å². The van der Waals surface area contributed by atoms with Crippen molar-refractivity contribution in [1.82, 2.24) is 9.80 Å². The third-order valence-electron chi connectivity index (χ3n) is 5.32. The van der Waals surface area contributed by atoms with Crippen LogP contribution in [-0.4, -0.2) is 48.1 Å². The van der Waals surface area contributed by atoms with Crippen LogP contribution < -0.4 is 22.1 Å². The number of nitrogens with zero attached hydrogens (tertiary/aromatic N) is 3. The Kier molecular flexibility index (Phi) is 6.64. The normalized spacial score (nSPS) is 16.8. The van der Waals surface area contributed by atoms with Gasteiger partial charge in [0, 0.05) is 55.7 Å². The predicted molar refractivity (Wildman–Crippen MR) is 135 cm³/mol. The molecule has 33 heavy (non-hydrogen) atoms. The number of nitrogens with one attached hydrogen (secondary N) is 2. The van der Waals surface area contributed by atoms with E-state index in [1.54, 1.807) is 30.3 Å². The Morgan fingerprint density at radius 3 is 2.39 bits per heavy atom. The Bertz CT molecular complexity index is 1110. The van der Waals surface area contributed by atoms with Crippen LogP contribution in [0.15, 0.2) is 89.5 Å². The number of benzene rings is 2. The van der Waals surface area contributed by atoms with Crippen LogP contribution in [0.3, 0.4) is 0 Å². The lowest BCUT2D eigenvalue weighted by atomic mass is 10.1. The number of nitrogen functional groups attached to an aromatic ring is 1. The van der Waals surface area contributed by atoms with Gasteiger partial charge in [-0.1, -0.05) is 0 Å². The number of hydrogen-bond donors (Lipinski definition) is 4. The molecule has 0 unspecified atom stereocenters. The van der Waals surface area contributed by atoms with Gasteiger partial charge < -0.3 is 31.9 Å². The molecule has 8 heteroatoms. The first-order chi connectivity index (χ1) is 16.0. The first-order valence-electron chi connectivity index (χ1n) is 10.9. The fraction of sp³-hybridized carbons (Fsp3) is 0.200. The Morgan fingerprint density at radius 2 is 1.70 bits per heavy atom. The van der Waals surface area contributed by atoms with Gasteiger partial charge in [0.05, 0.1) is 29.5 Å². The van der Waals surface area contributed by atoms with E-state index >= 15 is 0 Å². The molecular formula is C25H29N7O.